The van der Waals surface area contributed by atoms with Crippen LogP contribution in [0.2, 0.25) is 0 Å². The monoisotopic (exact) mass is 561 g/mol. The van der Waals surface area contributed by atoms with Gasteiger partial charge < -0.3 is 21.1 Å². The van der Waals surface area contributed by atoms with Crippen LogP contribution in [0.25, 0.3) is 5.52 Å². The predicted octanol–water partition coefficient (Wildman–Crippen LogP) is 1.79. The summed E-state index contributed by atoms with van der Waals surface area (Å²) < 4.78 is 16.2. The molecule has 2 atom stereocenters. The molecule has 0 saturated heterocycles. The lowest BCUT2D eigenvalue weighted by atomic mass is 10.2. The average Bonchev–Trinajstić information content (AvgIpc) is 2.97. The van der Waals surface area contributed by atoms with E-state index in [2.05, 4.69) is 20.7 Å². The van der Waals surface area contributed by atoms with Crippen LogP contribution >= 0.6 is 0 Å². The van der Waals surface area contributed by atoms with E-state index in [4.69, 9.17) is 0 Å². The molecular formula is C28H27N5O6S. The Morgan fingerprint density at radius 1 is 0.825 bits per heavy atom. The molecule has 206 valence electrons. The maximum Gasteiger partial charge on any atom is 0.323 e. The van der Waals surface area contributed by atoms with E-state index in [1.807, 2.05) is 30.3 Å². The summed E-state index contributed by atoms with van der Waals surface area (Å²) in [6.07, 6.45) is 1.57. The fourth-order valence-corrected chi connectivity index (χ4v) is 4.73. The van der Waals surface area contributed by atoms with E-state index in [0.29, 0.717) is 22.5 Å². The van der Waals surface area contributed by atoms with Crippen molar-refractivity contribution in [2.75, 3.05) is 6.54 Å². The first kappa shape index (κ1) is 28.2. The lowest BCUT2D eigenvalue weighted by Crippen LogP contribution is -2.46. The third-order valence-corrected chi connectivity index (χ3v) is 7.04. The van der Waals surface area contributed by atoms with Crippen molar-refractivity contribution in [3.05, 3.63) is 118 Å². The Hall–Kier alpha value is -4.81. The molecule has 5 N–H and O–H groups in total. The number of amides is 3. The van der Waals surface area contributed by atoms with Crippen LogP contribution in [-0.4, -0.2) is 44.2 Å². The minimum Gasteiger partial charge on any atom is -0.480 e. The van der Waals surface area contributed by atoms with E-state index in [-0.39, 0.29) is 24.7 Å². The van der Waals surface area contributed by atoms with Gasteiger partial charge >= 0.3 is 12.0 Å². The second kappa shape index (κ2) is 13.3. The van der Waals surface area contributed by atoms with E-state index >= 15 is 0 Å². The maximum absolute atomic E-state index is 12.7. The van der Waals surface area contributed by atoms with Crippen molar-refractivity contribution >= 4 is 34.4 Å². The Balaban J connectivity index is 1.35. The largest absolute Gasteiger partial charge is 0.480 e. The SMILES string of the molecule is O=C(NCc1ccccc1)NCc1ccc2cc(C(=O)NCC(NS(=O)c3ccccc3)C(=O)O)cc(=O)n2c1. The van der Waals surface area contributed by atoms with Crippen LogP contribution in [0.15, 0.2) is 101 Å². The first-order valence-electron chi connectivity index (χ1n) is 12.2. The van der Waals surface area contributed by atoms with Crippen LogP contribution in [0, 0.1) is 0 Å². The summed E-state index contributed by atoms with van der Waals surface area (Å²) in [5, 5.41) is 17.5. The van der Waals surface area contributed by atoms with Gasteiger partial charge in [0, 0.05) is 43.0 Å². The number of hydrogen-bond acceptors (Lipinski definition) is 5. The van der Waals surface area contributed by atoms with Gasteiger partial charge in [0.1, 0.15) is 17.0 Å². The number of fused-ring (bicyclic) bond motifs is 1. The first-order valence-corrected chi connectivity index (χ1v) is 13.4. The molecule has 4 aromatic rings. The highest BCUT2D eigenvalue weighted by Crippen LogP contribution is 2.08. The van der Waals surface area contributed by atoms with E-state index in [0.717, 1.165) is 11.6 Å². The van der Waals surface area contributed by atoms with Gasteiger partial charge in [0.15, 0.2) is 0 Å². The van der Waals surface area contributed by atoms with Crippen molar-refractivity contribution in [3.63, 3.8) is 0 Å². The quantitative estimate of drug-likeness (QED) is 0.188. The number of aromatic nitrogens is 1. The molecule has 0 fully saturated rings. The smallest absolute Gasteiger partial charge is 0.323 e. The zero-order chi connectivity index (χ0) is 28.5. The number of rotatable bonds is 11. The maximum atomic E-state index is 12.7. The molecule has 0 saturated carbocycles. The van der Waals surface area contributed by atoms with Gasteiger partial charge in [-0.25, -0.2) is 13.7 Å². The third-order valence-electron chi connectivity index (χ3n) is 5.84. The molecule has 0 aliphatic rings. The van der Waals surface area contributed by atoms with Crippen molar-refractivity contribution in [1.29, 1.82) is 0 Å². The molecule has 2 aromatic heterocycles. The summed E-state index contributed by atoms with van der Waals surface area (Å²) in [6.45, 7) is 0.199. The molecule has 0 aliphatic carbocycles. The molecule has 11 nitrogen and oxygen atoms in total. The first-order chi connectivity index (χ1) is 19.3. The van der Waals surface area contributed by atoms with Crippen molar-refractivity contribution in [1.82, 2.24) is 25.1 Å². The number of carboxylic acid groups (broad SMARTS) is 1. The summed E-state index contributed by atoms with van der Waals surface area (Å²) in [7, 11) is -1.80. The molecule has 0 spiro atoms. The van der Waals surface area contributed by atoms with E-state index in [9.17, 15) is 28.5 Å². The normalized spacial score (nSPS) is 12.3. The van der Waals surface area contributed by atoms with Gasteiger partial charge in [-0.1, -0.05) is 54.6 Å². The fourth-order valence-electron chi connectivity index (χ4n) is 3.74. The number of nitrogens with zero attached hydrogens (tertiary/aromatic N) is 1. The zero-order valence-corrected chi connectivity index (χ0v) is 22.0. The molecule has 0 bridgehead atoms. The standard InChI is InChI=1S/C28H27N5O6S/c34-25-14-21(26(35)29-17-24(27(36)37)32-40(39)23-9-5-2-6-10-23)13-22-12-11-20(18-33(22)25)16-31-28(38)30-15-19-7-3-1-4-8-19/h1-14,18,24,32H,15-17H2,(H,29,35)(H,36,37)(H2,30,31,38). The van der Waals surface area contributed by atoms with Gasteiger partial charge in [0.25, 0.3) is 11.5 Å². The molecule has 2 aromatic carbocycles. The topological polar surface area (TPSA) is 158 Å². The number of aliphatic carboxylic acids is 1. The molecule has 40 heavy (non-hydrogen) atoms. The summed E-state index contributed by atoms with van der Waals surface area (Å²) in [6, 6.07) is 22.0. The minimum absolute atomic E-state index is 0.0458. The number of benzene rings is 2. The molecular weight excluding hydrogens is 534 g/mol. The Bertz CT molecular complexity index is 1590. The zero-order valence-electron chi connectivity index (χ0n) is 21.2. The molecule has 12 heteroatoms. The Morgan fingerprint density at radius 3 is 2.15 bits per heavy atom. The number of pyridine rings is 2. The lowest BCUT2D eigenvalue weighted by Gasteiger charge is -2.15. The summed E-state index contributed by atoms with van der Waals surface area (Å²) in [5.41, 5.74) is 1.64. The molecule has 2 heterocycles. The van der Waals surface area contributed by atoms with Crippen LogP contribution in [-0.2, 0) is 28.9 Å². The van der Waals surface area contributed by atoms with Crippen molar-refractivity contribution in [2.45, 2.75) is 24.0 Å². The molecule has 3 amide bonds. The number of carboxylic acids is 1. The summed E-state index contributed by atoms with van der Waals surface area (Å²) in [5.74, 6) is -1.95. The second-order valence-corrected chi connectivity index (χ2v) is 9.98. The highest BCUT2D eigenvalue weighted by atomic mass is 32.2. The number of urea groups is 1. The number of hydrogen-bond donors (Lipinski definition) is 5. The van der Waals surface area contributed by atoms with Crippen molar-refractivity contribution in [2.24, 2.45) is 0 Å². The molecule has 0 aliphatic heterocycles. The van der Waals surface area contributed by atoms with Crippen LogP contribution in [0.4, 0.5) is 4.79 Å². The Morgan fingerprint density at radius 2 is 1.48 bits per heavy atom. The minimum atomic E-state index is -1.80. The highest BCUT2D eigenvalue weighted by Gasteiger charge is 2.22. The van der Waals surface area contributed by atoms with Gasteiger partial charge in [0.05, 0.1) is 4.90 Å². The van der Waals surface area contributed by atoms with Crippen molar-refractivity contribution in [3.8, 4) is 0 Å². The number of nitrogens with one attached hydrogen (secondary N) is 4. The molecule has 4 rings (SSSR count). The van der Waals surface area contributed by atoms with Crippen LogP contribution in [0.5, 0.6) is 0 Å². The predicted molar refractivity (Wildman–Crippen MR) is 149 cm³/mol. The lowest BCUT2D eigenvalue weighted by molar-refractivity contribution is -0.138. The molecule has 2 unspecified atom stereocenters. The Labute approximate surface area is 231 Å². The van der Waals surface area contributed by atoms with Crippen molar-refractivity contribution < 1.29 is 23.7 Å². The third kappa shape index (κ3) is 7.62. The summed E-state index contributed by atoms with van der Waals surface area (Å²) in [4.78, 5) is 49.6. The Kier molecular flexibility index (Phi) is 9.39. The van der Waals surface area contributed by atoms with Crippen LogP contribution < -0.4 is 26.2 Å². The van der Waals surface area contributed by atoms with Gasteiger partial charge in [-0.15, -0.1) is 0 Å². The molecule has 0 radical (unpaired) electrons. The van der Waals surface area contributed by atoms with E-state index in [1.54, 1.807) is 48.7 Å². The van der Waals surface area contributed by atoms with Gasteiger partial charge in [-0.3, -0.25) is 18.8 Å². The number of carbonyl (C=O) groups is 3. The summed E-state index contributed by atoms with van der Waals surface area (Å²) >= 11 is 0. The van der Waals surface area contributed by atoms with Crippen LogP contribution in [0.3, 0.4) is 0 Å². The van der Waals surface area contributed by atoms with E-state index < -0.39 is 34.5 Å². The fraction of sp³-hybridized carbons (Fsp3) is 0.143. The number of carbonyl (C=O) groups excluding carboxylic acids is 2. The highest BCUT2D eigenvalue weighted by molar-refractivity contribution is 7.83. The van der Waals surface area contributed by atoms with Gasteiger partial charge in [-0.05, 0) is 35.4 Å². The second-order valence-electron chi connectivity index (χ2n) is 8.74. The van der Waals surface area contributed by atoms with Crippen LogP contribution in [0.1, 0.15) is 21.5 Å². The van der Waals surface area contributed by atoms with Gasteiger partial charge in [-0.2, -0.15) is 0 Å². The van der Waals surface area contributed by atoms with Gasteiger partial charge in [0.2, 0.25) is 0 Å². The average molecular weight is 562 g/mol. The van der Waals surface area contributed by atoms with E-state index in [1.165, 1.54) is 10.5 Å².